The number of anilines is 2. The summed E-state index contributed by atoms with van der Waals surface area (Å²) in [5, 5.41) is 5.37. The molecular formula is C13H18FN3O. The Morgan fingerprint density at radius 1 is 1.28 bits per heavy atom. The van der Waals surface area contributed by atoms with Crippen molar-refractivity contribution >= 4 is 17.4 Å². The molecule has 1 aliphatic rings. The first-order valence-corrected chi connectivity index (χ1v) is 6.27. The van der Waals surface area contributed by atoms with E-state index in [9.17, 15) is 9.18 Å². The van der Waals surface area contributed by atoms with Gasteiger partial charge in [-0.1, -0.05) is 19.3 Å². The zero-order chi connectivity index (χ0) is 13.0. The number of amides is 2. The van der Waals surface area contributed by atoms with E-state index >= 15 is 0 Å². The fourth-order valence-corrected chi connectivity index (χ4v) is 2.22. The summed E-state index contributed by atoms with van der Waals surface area (Å²) in [6, 6.07) is 4.06. The van der Waals surface area contributed by atoms with Crippen LogP contribution < -0.4 is 16.4 Å². The number of carbonyl (C=O) groups is 1. The normalized spacial score (nSPS) is 16.3. The minimum Gasteiger partial charge on any atom is -0.399 e. The molecule has 1 fully saturated rings. The van der Waals surface area contributed by atoms with E-state index in [-0.39, 0.29) is 17.8 Å². The number of halogens is 1. The van der Waals surface area contributed by atoms with Gasteiger partial charge >= 0.3 is 6.03 Å². The minimum atomic E-state index is -0.520. The first kappa shape index (κ1) is 12.7. The molecule has 1 aromatic carbocycles. The Hall–Kier alpha value is -1.78. The van der Waals surface area contributed by atoms with Gasteiger partial charge in [-0.3, -0.25) is 0 Å². The SMILES string of the molecule is Nc1ccc(NC(=O)NC2CCCCC2)c(F)c1. The van der Waals surface area contributed by atoms with Crippen molar-refractivity contribution in [2.24, 2.45) is 0 Å². The zero-order valence-electron chi connectivity index (χ0n) is 10.2. The molecule has 0 unspecified atom stereocenters. The lowest BCUT2D eigenvalue weighted by molar-refractivity contribution is 0.244. The van der Waals surface area contributed by atoms with Gasteiger partial charge in [0.05, 0.1) is 5.69 Å². The largest absolute Gasteiger partial charge is 0.399 e. The lowest BCUT2D eigenvalue weighted by Gasteiger charge is -2.22. The molecule has 0 radical (unpaired) electrons. The maximum atomic E-state index is 13.5. The fourth-order valence-electron chi connectivity index (χ4n) is 2.22. The van der Waals surface area contributed by atoms with Crippen LogP contribution in [0.3, 0.4) is 0 Å². The van der Waals surface area contributed by atoms with Gasteiger partial charge in [-0.25, -0.2) is 9.18 Å². The molecule has 1 saturated carbocycles. The molecule has 0 spiro atoms. The second kappa shape index (κ2) is 5.71. The van der Waals surface area contributed by atoms with Crippen LogP contribution in [0.2, 0.25) is 0 Å². The molecule has 2 amide bonds. The van der Waals surface area contributed by atoms with Gasteiger partial charge in [-0.15, -0.1) is 0 Å². The minimum absolute atomic E-state index is 0.150. The van der Waals surface area contributed by atoms with Crippen molar-refractivity contribution in [1.29, 1.82) is 0 Å². The van der Waals surface area contributed by atoms with Gasteiger partial charge in [0, 0.05) is 11.7 Å². The second-order valence-electron chi connectivity index (χ2n) is 4.67. The summed E-state index contributed by atoms with van der Waals surface area (Å²) in [4.78, 5) is 11.7. The molecule has 0 aromatic heterocycles. The molecule has 4 nitrogen and oxygen atoms in total. The quantitative estimate of drug-likeness (QED) is 0.707. The standard InChI is InChI=1S/C13H18FN3O/c14-11-8-9(15)6-7-12(11)17-13(18)16-10-4-2-1-3-5-10/h6-8,10H,1-5,15H2,(H2,16,17,18). The lowest BCUT2D eigenvalue weighted by Crippen LogP contribution is -2.39. The van der Waals surface area contributed by atoms with Crippen LogP contribution in [-0.2, 0) is 0 Å². The van der Waals surface area contributed by atoms with Crippen molar-refractivity contribution in [2.45, 2.75) is 38.1 Å². The molecule has 4 N–H and O–H groups in total. The number of rotatable bonds is 2. The molecule has 0 aliphatic heterocycles. The summed E-state index contributed by atoms with van der Waals surface area (Å²) in [6.07, 6.45) is 5.50. The van der Waals surface area contributed by atoms with Crippen LogP contribution in [0.4, 0.5) is 20.6 Å². The van der Waals surface area contributed by atoms with Gasteiger partial charge in [0.15, 0.2) is 0 Å². The third-order valence-corrected chi connectivity index (χ3v) is 3.18. The summed E-state index contributed by atoms with van der Waals surface area (Å²) in [7, 11) is 0. The highest BCUT2D eigenvalue weighted by Gasteiger charge is 2.16. The number of hydrogen-bond acceptors (Lipinski definition) is 2. The highest BCUT2D eigenvalue weighted by Crippen LogP contribution is 2.19. The lowest BCUT2D eigenvalue weighted by atomic mass is 9.96. The Balaban J connectivity index is 1.90. The van der Waals surface area contributed by atoms with Crippen LogP contribution in [0.5, 0.6) is 0 Å². The van der Waals surface area contributed by atoms with Gasteiger partial charge in [0.1, 0.15) is 5.82 Å². The van der Waals surface area contributed by atoms with Crippen LogP contribution in [0.15, 0.2) is 18.2 Å². The molecular weight excluding hydrogens is 233 g/mol. The predicted octanol–water partition coefficient (Wildman–Crippen LogP) is 2.86. The van der Waals surface area contributed by atoms with Gasteiger partial charge in [0.2, 0.25) is 0 Å². The topological polar surface area (TPSA) is 67.1 Å². The number of nitrogens with two attached hydrogens (primary N) is 1. The summed E-state index contributed by atoms with van der Waals surface area (Å²) in [5.41, 5.74) is 5.93. The smallest absolute Gasteiger partial charge is 0.319 e. The number of carbonyl (C=O) groups excluding carboxylic acids is 1. The van der Waals surface area contributed by atoms with E-state index in [1.54, 1.807) is 6.07 Å². The summed E-state index contributed by atoms with van der Waals surface area (Å²) < 4.78 is 13.5. The molecule has 0 heterocycles. The van der Waals surface area contributed by atoms with E-state index in [4.69, 9.17) is 5.73 Å². The number of nitrogen functional groups attached to an aromatic ring is 1. The van der Waals surface area contributed by atoms with Gasteiger partial charge in [-0.2, -0.15) is 0 Å². The fraction of sp³-hybridized carbons (Fsp3) is 0.462. The van der Waals surface area contributed by atoms with Gasteiger partial charge in [-0.05, 0) is 31.0 Å². The van der Waals surface area contributed by atoms with Crippen LogP contribution in [0.25, 0.3) is 0 Å². The van der Waals surface area contributed by atoms with E-state index in [1.165, 1.54) is 18.6 Å². The molecule has 1 aromatic rings. The highest BCUT2D eigenvalue weighted by atomic mass is 19.1. The Kier molecular flexibility index (Phi) is 4.02. The number of nitrogens with one attached hydrogen (secondary N) is 2. The summed E-state index contributed by atoms with van der Waals surface area (Å²) in [5.74, 6) is -0.520. The van der Waals surface area contributed by atoms with E-state index in [0.717, 1.165) is 25.7 Å². The van der Waals surface area contributed by atoms with Crippen LogP contribution in [-0.4, -0.2) is 12.1 Å². The van der Waals surface area contributed by atoms with E-state index < -0.39 is 5.82 Å². The Morgan fingerprint density at radius 2 is 2.00 bits per heavy atom. The maximum Gasteiger partial charge on any atom is 0.319 e. The molecule has 0 bridgehead atoms. The Morgan fingerprint density at radius 3 is 2.67 bits per heavy atom. The number of benzene rings is 1. The monoisotopic (exact) mass is 251 g/mol. The van der Waals surface area contributed by atoms with E-state index in [2.05, 4.69) is 10.6 Å². The Bertz CT molecular complexity index is 430. The predicted molar refractivity (Wildman–Crippen MR) is 69.8 cm³/mol. The first-order chi connectivity index (χ1) is 8.65. The van der Waals surface area contributed by atoms with Crippen LogP contribution in [0.1, 0.15) is 32.1 Å². The molecule has 98 valence electrons. The number of hydrogen-bond donors (Lipinski definition) is 3. The molecule has 18 heavy (non-hydrogen) atoms. The van der Waals surface area contributed by atoms with Gasteiger partial charge in [0.25, 0.3) is 0 Å². The summed E-state index contributed by atoms with van der Waals surface area (Å²) in [6.45, 7) is 0. The molecule has 0 saturated heterocycles. The molecule has 5 heteroatoms. The number of urea groups is 1. The van der Waals surface area contributed by atoms with E-state index in [0.29, 0.717) is 5.69 Å². The third-order valence-electron chi connectivity index (χ3n) is 3.18. The van der Waals surface area contributed by atoms with Crippen molar-refractivity contribution in [3.8, 4) is 0 Å². The van der Waals surface area contributed by atoms with E-state index in [1.807, 2.05) is 0 Å². The van der Waals surface area contributed by atoms with Crippen LogP contribution in [0, 0.1) is 5.82 Å². The molecule has 0 atom stereocenters. The zero-order valence-corrected chi connectivity index (χ0v) is 10.2. The molecule has 1 aliphatic carbocycles. The third kappa shape index (κ3) is 3.35. The van der Waals surface area contributed by atoms with Crippen molar-refractivity contribution < 1.29 is 9.18 Å². The average molecular weight is 251 g/mol. The summed E-state index contributed by atoms with van der Waals surface area (Å²) >= 11 is 0. The Labute approximate surface area is 106 Å². The second-order valence-corrected chi connectivity index (χ2v) is 4.67. The van der Waals surface area contributed by atoms with Crippen molar-refractivity contribution in [3.05, 3.63) is 24.0 Å². The van der Waals surface area contributed by atoms with Crippen molar-refractivity contribution in [3.63, 3.8) is 0 Å². The van der Waals surface area contributed by atoms with Crippen molar-refractivity contribution in [1.82, 2.24) is 5.32 Å². The average Bonchev–Trinajstić information content (AvgIpc) is 2.34. The maximum absolute atomic E-state index is 13.5. The van der Waals surface area contributed by atoms with Gasteiger partial charge < -0.3 is 16.4 Å². The molecule has 2 rings (SSSR count). The van der Waals surface area contributed by atoms with Crippen molar-refractivity contribution in [2.75, 3.05) is 11.1 Å². The highest BCUT2D eigenvalue weighted by molar-refractivity contribution is 5.89. The first-order valence-electron chi connectivity index (χ1n) is 6.27. The van der Waals surface area contributed by atoms with Crippen LogP contribution >= 0.6 is 0 Å².